The summed E-state index contributed by atoms with van der Waals surface area (Å²) in [7, 11) is 0. The second-order valence-electron chi connectivity index (χ2n) is 9.04. The molecule has 1 aromatic carbocycles. The fraction of sp³-hybridized carbons (Fsp3) is 0.333. The first-order chi connectivity index (χ1) is 18.4. The van der Waals surface area contributed by atoms with Gasteiger partial charge in [0.25, 0.3) is 0 Å². The Morgan fingerprint density at radius 2 is 1.87 bits per heavy atom. The highest BCUT2D eigenvalue weighted by Crippen LogP contribution is 2.31. The third kappa shape index (κ3) is 6.24. The predicted molar refractivity (Wildman–Crippen MR) is 136 cm³/mol. The molecule has 1 atom stereocenters. The Kier molecular flexibility index (Phi) is 7.77. The molecule has 1 saturated heterocycles. The Morgan fingerprint density at radius 3 is 2.58 bits per heavy atom. The van der Waals surface area contributed by atoms with Gasteiger partial charge in [0, 0.05) is 55.1 Å². The number of hydrogen-bond donors (Lipinski definition) is 3. The summed E-state index contributed by atoms with van der Waals surface area (Å²) in [6.07, 6.45) is -0.355. The molecule has 3 N–H and O–H groups in total. The van der Waals surface area contributed by atoms with Crippen molar-refractivity contribution in [1.29, 1.82) is 0 Å². The average molecular weight is 528 g/mol. The third-order valence-electron chi connectivity index (χ3n) is 6.47. The maximum absolute atomic E-state index is 12.7. The Balaban J connectivity index is 1.20. The van der Waals surface area contributed by atoms with Crippen LogP contribution in [0.25, 0.3) is 11.0 Å². The summed E-state index contributed by atoms with van der Waals surface area (Å²) in [4.78, 5) is 14.1. The number of nitrogens with one attached hydrogen (secondary N) is 2. The first-order valence-electron chi connectivity index (χ1n) is 12.3. The molecule has 1 fully saturated rings. The summed E-state index contributed by atoms with van der Waals surface area (Å²) < 4.78 is 49.5. The van der Waals surface area contributed by atoms with E-state index in [1.54, 1.807) is 30.7 Å². The number of alkyl halides is 3. The quantitative estimate of drug-likeness (QED) is 0.297. The number of aromatic amines is 1. The van der Waals surface area contributed by atoms with Crippen molar-refractivity contribution in [1.82, 2.24) is 19.9 Å². The van der Waals surface area contributed by atoms with Crippen molar-refractivity contribution in [3.63, 3.8) is 0 Å². The fourth-order valence-corrected chi connectivity index (χ4v) is 4.28. The standard InChI is InChI=1S/C27H28F3N5O3/c28-27(29,30)20-4-1-18(2-5-20)14-31-24-6-3-19(15-32-24)25(36)23-17-34-26-22(23)13-21(16-33-26)38-12-9-35-7-10-37-11-8-35/h1-6,13,15-17,25,36H,7-12,14H2,(H,31,32)(H,33,34). The van der Waals surface area contributed by atoms with Crippen LogP contribution in [0.4, 0.5) is 19.0 Å². The lowest BCUT2D eigenvalue weighted by Gasteiger charge is -2.26. The molecular formula is C27H28F3N5O3. The molecule has 11 heteroatoms. The Hall–Kier alpha value is -3.67. The monoisotopic (exact) mass is 527 g/mol. The lowest BCUT2D eigenvalue weighted by molar-refractivity contribution is -0.137. The van der Waals surface area contributed by atoms with Crippen molar-refractivity contribution in [3.05, 3.63) is 83.3 Å². The summed E-state index contributed by atoms with van der Waals surface area (Å²) >= 11 is 0. The van der Waals surface area contributed by atoms with E-state index < -0.39 is 17.8 Å². The Bertz CT molecular complexity index is 1340. The van der Waals surface area contributed by atoms with E-state index in [4.69, 9.17) is 9.47 Å². The molecule has 4 aromatic rings. The fourth-order valence-electron chi connectivity index (χ4n) is 4.28. The summed E-state index contributed by atoms with van der Waals surface area (Å²) in [5.74, 6) is 1.16. The topological polar surface area (TPSA) is 95.5 Å². The van der Waals surface area contributed by atoms with Crippen LogP contribution in [0.3, 0.4) is 0 Å². The van der Waals surface area contributed by atoms with Crippen molar-refractivity contribution in [2.75, 3.05) is 44.8 Å². The molecule has 4 heterocycles. The van der Waals surface area contributed by atoms with Crippen molar-refractivity contribution in [2.24, 2.45) is 0 Å². The summed E-state index contributed by atoms with van der Waals surface area (Å²) in [6, 6.07) is 10.3. The minimum Gasteiger partial charge on any atom is -0.491 e. The Labute approximate surface area is 217 Å². The SMILES string of the molecule is OC(c1ccc(NCc2ccc(C(F)(F)F)cc2)nc1)c1c[nH]c2ncc(OCCN3CCOCC3)cc12. The van der Waals surface area contributed by atoms with Gasteiger partial charge in [-0.3, -0.25) is 4.90 Å². The lowest BCUT2D eigenvalue weighted by Crippen LogP contribution is -2.38. The number of halogens is 3. The predicted octanol–water partition coefficient (Wildman–Crippen LogP) is 4.38. The molecule has 0 radical (unpaired) electrons. The van der Waals surface area contributed by atoms with Gasteiger partial charge in [0.1, 0.15) is 29.9 Å². The van der Waals surface area contributed by atoms with Crippen LogP contribution in [-0.4, -0.2) is 64.4 Å². The summed E-state index contributed by atoms with van der Waals surface area (Å²) in [5, 5.41) is 14.9. The molecule has 3 aromatic heterocycles. The van der Waals surface area contributed by atoms with Gasteiger partial charge in [0.15, 0.2) is 0 Å². The molecule has 0 bridgehead atoms. The molecular weight excluding hydrogens is 499 g/mol. The Morgan fingerprint density at radius 1 is 1.08 bits per heavy atom. The van der Waals surface area contributed by atoms with Crippen molar-refractivity contribution < 1.29 is 27.8 Å². The molecule has 1 aliphatic heterocycles. The number of pyridine rings is 2. The van der Waals surface area contributed by atoms with Gasteiger partial charge >= 0.3 is 6.18 Å². The molecule has 0 saturated carbocycles. The van der Waals surface area contributed by atoms with Gasteiger partial charge in [0.05, 0.1) is 25.0 Å². The van der Waals surface area contributed by atoms with Crippen LogP contribution in [0.2, 0.25) is 0 Å². The number of aliphatic hydroxyl groups is 1. The second kappa shape index (κ2) is 11.4. The molecule has 0 spiro atoms. The van der Waals surface area contributed by atoms with Gasteiger partial charge in [-0.2, -0.15) is 13.2 Å². The average Bonchev–Trinajstić information content (AvgIpc) is 3.35. The number of benzene rings is 1. The number of aromatic nitrogens is 3. The first kappa shape index (κ1) is 26.0. The zero-order chi connectivity index (χ0) is 26.5. The molecule has 0 amide bonds. The number of nitrogens with zero attached hydrogens (tertiary/aromatic N) is 3. The molecule has 1 aliphatic rings. The summed E-state index contributed by atoms with van der Waals surface area (Å²) in [6.45, 7) is 4.91. The van der Waals surface area contributed by atoms with E-state index in [0.717, 1.165) is 50.4 Å². The molecule has 1 unspecified atom stereocenters. The van der Waals surface area contributed by atoms with E-state index in [9.17, 15) is 18.3 Å². The number of fused-ring (bicyclic) bond motifs is 1. The number of aliphatic hydroxyl groups excluding tert-OH is 1. The number of morpholine rings is 1. The minimum atomic E-state index is -4.36. The van der Waals surface area contributed by atoms with Crippen LogP contribution < -0.4 is 10.1 Å². The first-order valence-corrected chi connectivity index (χ1v) is 12.3. The number of ether oxygens (including phenoxy) is 2. The number of H-pyrrole nitrogens is 1. The van der Waals surface area contributed by atoms with E-state index >= 15 is 0 Å². The normalized spacial score (nSPS) is 15.5. The van der Waals surface area contributed by atoms with E-state index in [1.807, 2.05) is 6.07 Å². The van der Waals surface area contributed by atoms with Gasteiger partial charge in [-0.25, -0.2) is 9.97 Å². The summed E-state index contributed by atoms with van der Waals surface area (Å²) in [5.41, 5.74) is 1.89. The van der Waals surface area contributed by atoms with Crippen LogP contribution in [0, 0.1) is 0 Å². The molecule has 5 rings (SSSR count). The zero-order valence-corrected chi connectivity index (χ0v) is 20.5. The van der Waals surface area contributed by atoms with Crippen LogP contribution >= 0.6 is 0 Å². The number of anilines is 1. The van der Waals surface area contributed by atoms with Crippen molar-refractivity contribution >= 4 is 16.9 Å². The lowest BCUT2D eigenvalue weighted by atomic mass is 10.0. The van der Waals surface area contributed by atoms with Crippen LogP contribution in [0.5, 0.6) is 5.75 Å². The van der Waals surface area contributed by atoms with E-state index in [1.165, 1.54) is 12.1 Å². The highest BCUT2D eigenvalue weighted by Gasteiger charge is 2.29. The van der Waals surface area contributed by atoms with Crippen LogP contribution in [0.15, 0.2) is 61.1 Å². The third-order valence-corrected chi connectivity index (χ3v) is 6.47. The van der Waals surface area contributed by atoms with Crippen molar-refractivity contribution in [2.45, 2.75) is 18.8 Å². The van der Waals surface area contributed by atoms with Crippen LogP contribution in [0.1, 0.15) is 28.4 Å². The molecule has 38 heavy (non-hydrogen) atoms. The van der Waals surface area contributed by atoms with Crippen LogP contribution in [-0.2, 0) is 17.5 Å². The molecule has 8 nitrogen and oxygen atoms in total. The maximum atomic E-state index is 12.7. The van der Waals surface area contributed by atoms with E-state index in [0.29, 0.717) is 47.1 Å². The van der Waals surface area contributed by atoms with Gasteiger partial charge in [0.2, 0.25) is 0 Å². The molecule has 0 aliphatic carbocycles. The number of rotatable bonds is 9. The largest absolute Gasteiger partial charge is 0.491 e. The highest BCUT2D eigenvalue weighted by molar-refractivity contribution is 5.81. The van der Waals surface area contributed by atoms with Gasteiger partial charge in [-0.15, -0.1) is 0 Å². The molecule has 200 valence electrons. The minimum absolute atomic E-state index is 0.315. The number of hydrogen-bond acceptors (Lipinski definition) is 7. The van der Waals surface area contributed by atoms with E-state index in [2.05, 4.69) is 25.2 Å². The van der Waals surface area contributed by atoms with Crippen molar-refractivity contribution in [3.8, 4) is 5.75 Å². The van der Waals surface area contributed by atoms with Gasteiger partial charge in [-0.05, 0) is 29.8 Å². The maximum Gasteiger partial charge on any atom is 0.416 e. The van der Waals surface area contributed by atoms with Gasteiger partial charge in [-0.1, -0.05) is 18.2 Å². The van der Waals surface area contributed by atoms with E-state index in [-0.39, 0.29) is 0 Å². The smallest absolute Gasteiger partial charge is 0.416 e. The van der Waals surface area contributed by atoms with Gasteiger partial charge < -0.3 is 24.9 Å². The second-order valence-corrected chi connectivity index (χ2v) is 9.04. The highest BCUT2D eigenvalue weighted by atomic mass is 19.4. The zero-order valence-electron chi connectivity index (χ0n) is 20.5.